The first-order valence-corrected chi connectivity index (χ1v) is 2.23. The molecule has 1 unspecified atom stereocenters. The minimum atomic E-state index is -2.48. The van der Waals surface area contributed by atoms with Crippen LogP contribution in [0.15, 0.2) is 11.8 Å². The van der Waals surface area contributed by atoms with Gasteiger partial charge < -0.3 is 5.23 Å². The summed E-state index contributed by atoms with van der Waals surface area (Å²) in [6, 6.07) is 0. The first kappa shape index (κ1) is 6.45. The standard InChI is InChI=1S/C3H2BF4N/c5-1-2(6)4(8)9-3(1)7/h2,9H. The van der Waals surface area contributed by atoms with E-state index in [0.29, 0.717) is 0 Å². The van der Waals surface area contributed by atoms with Crippen LogP contribution in [0.25, 0.3) is 0 Å². The fraction of sp³-hybridized carbons (Fsp3) is 0.333. The average Bonchev–Trinajstić information content (AvgIpc) is 1.98. The van der Waals surface area contributed by atoms with E-state index in [-0.39, 0.29) is 0 Å². The van der Waals surface area contributed by atoms with Crippen molar-refractivity contribution in [1.82, 2.24) is 5.23 Å². The van der Waals surface area contributed by atoms with E-state index in [2.05, 4.69) is 0 Å². The minimum Gasteiger partial charge on any atom is -0.372 e. The molecule has 0 saturated heterocycles. The van der Waals surface area contributed by atoms with E-state index in [1.807, 2.05) is 0 Å². The third-order valence-electron chi connectivity index (χ3n) is 0.973. The lowest BCUT2D eigenvalue weighted by Crippen LogP contribution is -2.30. The Morgan fingerprint density at radius 1 is 1.44 bits per heavy atom. The Morgan fingerprint density at radius 3 is 2.11 bits per heavy atom. The third-order valence-corrected chi connectivity index (χ3v) is 0.973. The second-order valence-corrected chi connectivity index (χ2v) is 1.61. The zero-order valence-corrected chi connectivity index (χ0v) is 4.17. The van der Waals surface area contributed by atoms with Crippen LogP contribution in [0, 0.1) is 0 Å². The smallest absolute Gasteiger partial charge is 0.372 e. The average molecular weight is 139 g/mol. The SMILES string of the molecule is FB1NC(F)=C(F)C1F. The van der Waals surface area contributed by atoms with Crippen molar-refractivity contribution >= 4 is 7.12 Å². The molecule has 1 N–H and O–H groups in total. The topological polar surface area (TPSA) is 12.0 Å². The number of nitrogens with one attached hydrogen (secondary N) is 1. The fourth-order valence-electron chi connectivity index (χ4n) is 0.513. The quantitative estimate of drug-likeness (QED) is 0.300. The molecule has 1 aliphatic rings. The van der Waals surface area contributed by atoms with E-state index in [9.17, 15) is 17.5 Å². The maximum absolute atomic E-state index is 11.9. The van der Waals surface area contributed by atoms with Gasteiger partial charge in [0, 0.05) is 0 Å². The Morgan fingerprint density at radius 2 is 2.00 bits per heavy atom. The van der Waals surface area contributed by atoms with Gasteiger partial charge in [-0.25, -0.2) is 8.78 Å². The zero-order chi connectivity index (χ0) is 7.02. The van der Waals surface area contributed by atoms with Crippen LogP contribution in [-0.2, 0) is 0 Å². The maximum Gasteiger partial charge on any atom is 0.502 e. The Bertz CT molecular complexity index is 158. The molecule has 0 radical (unpaired) electrons. The Hall–Kier alpha value is -0.675. The Kier molecular flexibility index (Phi) is 1.38. The van der Waals surface area contributed by atoms with Gasteiger partial charge in [-0.3, -0.25) is 4.32 Å². The highest BCUT2D eigenvalue weighted by Gasteiger charge is 2.41. The Labute approximate surface area is 48.9 Å². The number of alkyl halides is 1. The number of hydrogen-bond acceptors (Lipinski definition) is 1. The number of halogens is 4. The molecule has 1 nitrogen and oxygen atoms in total. The summed E-state index contributed by atoms with van der Waals surface area (Å²) >= 11 is 0. The van der Waals surface area contributed by atoms with Crippen LogP contribution in [0.1, 0.15) is 0 Å². The van der Waals surface area contributed by atoms with Crippen LogP contribution in [-0.4, -0.2) is 13.2 Å². The molecule has 1 heterocycles. The van der Waals surface area contributed by atoms with Gasteiger partial charge in [0.25, 0.3) is 0 Å². The lowest BCUT2D eigenvalue weighted by Gasteiger charge is -1.93. The van der Waals surface area contributed by atoms with Crippen molar-refractivity contribution in [1.29, 1.82) is 0 Å². The highest BCUT2D eigenvalue weighted by molar-refractivity contribution is 6.52. The van der Waals surface area contributed by atoms with Crippen molar-refractivity contribution in [3.63, 3.8) is 0 Å². The summed E-state index contributed by atoms with van der Waals surface area (Å²) in [4.78, 5) is 0. The van der Waals surface area contributed by atoms with Crippen molar-refractivity contribution in [3.8, 4) is 0 Å². The van der Waals surface area contributed by atoms with Gasteiger partial charge in [-0.05, 0) is 0 Å². The summed E-state index contributed by atoms with van der Waals surface area (Å²) in [6.45, 7) is 0. The first-order chi connectivity index (χ1) is 4.13. The van der Waals surface area contributed by atoms with Crippen molar-refractivity contribution in [2.24, 2.45) is 0 Å². The molecule has 0 aliphatic carbocycles. The largest absolute Gasteiger partial charge is 0.502 e. The first-order valence-electron chi connectivity index (χ1n) is 2.23. The number of hydrogen-bond donors (Lipinski definition) is 1. The molecule has 0 amide bonds. The van der Waals surface area contributed by atoms with E-state index < -0.39 is 25.0 Å². The van der Waals surface area contributed by atoms with Gasteiger partial charge in [-0.1, -0.05) is 0 Å². The predicted octanol–water partition coefficient (Wildman–Crippen LogP) is 1.03. The molecule has 0 bridgehead atoms. The summed E-state index contributed by atoms with van der Waals surface area (Å²) in [7, 11) is -2.27. The Balaban J connectivity index is 2.74. The monoisotopic (exact) mass is 139 g/mol. The second kappa shape index (κ2) is 1.93. The summed E-state index contributed by atoms with van der Waals surface area (Å²) in [6.07, 6.45) is -2.48. The van der Waals surface area contributed by atoms with E-state index in [4.69, 9.17) is 0 Å². The molecule has 1 rings (SSSR count). The second-order valence-electron chi connectivity index (χ2n) is 1.61. The molecule has 0 aromatic carbocycles. The number of rotatable bonds is 0. The van der Waals surface area contributed by atoms with Gasteiger partial charge in [0.05, 0.1) is 0 Å². The zero-order valence-electron chi connectivity index (χ0n) is 4.17. The van der Waals surface area contributed by atoms with Gasteiger partial charge in [0.1, 0.15) is 0 Å². The van der Waals surface area contributed by atoms with Crippen LogP contribution in [0.2, 0.25) is 0 Å². The molecule has 9 heavy (non-hydrogen) atoms. The van der Waals surface area contributed by atoms with Gasteiger partial charge >= 0.3 is 7.12 Å². The van der Waals surface area contributed by atoms with Crippen LogP contribution in [0.5, 0.6) is 0 Å². The van der Waals surface area contributed by atoms with Gasteiger partial charge in [0.15, 0.2) is 11.9 Å². The summed E-state index contributed by atoms with van der Waals surface area (Å²) in [5, 5.41) is 1.31. The molecular formula is C3H2BF4N. The van der Waals surface area contributed by atoms with E-state index in [1.165, 1.54) is 5.23 Å². The van der Waals surface area contributed by atoms with Crippen molar-refractivity contribution in [2.75, 3.05) is 0 Å². The van der Waals surface area contributed by atoms with Crippen LogP contribution in [0.3, 0.4) is 0 Å². The molecule has 1 atom stereocenters. The number of allylic oxidation sites excluding steroid dienone is 1. The van der Waals surface area contributed by atoms with E-state index >= 15 is 0 Å². The van der Waals surface area contributed by atoms with Gasteiger partial charge in [0.2, 0.25) is 5.95 Å². The lowest BCUT2D eigenvalue weighted by atomic mass is 9.83. The highest BCUT2D eigenvalue weighted by atomic mass is 19.2. The van der Waals surface area contributed by atoms with Crippen LogP contribution in [0.4, 0.5) is 17.5 Å². The van der Waals surface area contributed by atoms with E-state index in [1.54, 1.807) is 0 Å². The highest BCUT2D eigenvalue weighted by Crippen LogP contribution is 2.22. The normalized spacial score (nSPS) is 27.1. The molecule has 0 aromatic heterocycles. The molecule has 50 valence electrons. The minimum absolute atomic E-state index is 1.31. The van der Waals surface area contributed by atoms with Crippen molar-refractivity contribution in [2.45, 2.75) is 6.07 Å². The lowest BCUT2D eigenvalue weighted by molar-refractivity contribution is 0.391. The predicted molar refractivity (Wildman–Crippen MR) is 24.1 cm³/mol. The van der Waals surface area contributed by atoms with Gasteiger partial charge in [-0.2, -0.15) is 4.39 Å². The van der Waals surface area contributed by atoms with E-state index in [0.717, 1.165) is 0 Å². The van der Waals surface area contributed by atoms with Crippen LogP contribution >= 0.6 is 0 Å². The summed E-state index contributed by atoms with van der Waals surface area (Å²) < 4.78 is 47.2. The molecule has 0 fully saturated rings. The maximum atomic E-state index is 11.9. The molecule has 1 aliphatic heterocycles. The molecule has 0 aromatic rings. The molecule has 0 spiro atoms. The van der Waals surface area contributed by atoms with Crippen molar-refractivity contribution in [3.05, 3.63) is 11.8 Å². The van der Waals surface area contributed by atoms with Crippen molar-refractivity contribution < 1.29 is 17.5 Å². The summed E-state index contributed by atoms with van der Waals surface area (Å²) in [5.41, 5.74) is 0. The summed E-state index contributed by atoms with van der Waals surface area (Å²) in [5.74, 6) is -3.24. The molecular weight excluding hydrogens is 137 g/mol. The fourth-order valence-corrected chi connectivity index (χ4v) is 0.513. The molecule has 6 heteroatoms. The van der Waals surface area contributed by atoms with Gasteiger partial charge in [-0.15, -0.1) is 0 Å². The molecule has 0 saturated carbocycles. The third kappa shape index (κ3) is 0.884. The van der Waals surface area contributed by atoms with Crippen LogP contribution < -0.4 is 5.23 Å².